The molecule has 0 aromatic carbocycles. The Labute approximate surface area is 108 Å². The fourth-order valence-electron chi connectivity index (χ4n) is 2.48. The molecule has 0 saturated carbocycles. The molecule has 0 radical (unpaired) electrons. The maximum absolute atomic E-state index is 3.30. The monoisotopic (exact) mass is 241 g/mol. The summed E-state index contributed by atoms with van der Waals surface area (Å²) in [5, 5.41) is 3.30. The van der Waals surface area contributed by atoms with E-state index < -0.39 is 0 Å². The molecule has 1 saturated heterocycles. The van der Waals surface area contributed by atoms with Crippen molar-refractivity contribution in [3.8, 4) is 0 Å². The minimum Gasteiger partial charge on any atom is -0.317 e. The minimum absolute atomic E-state index is 0.677. The van der Waals surface area contributed by atoms with Gasteiger partial charge in [-0.3, -0.25) is 0 Å². The standard InChI is InChI=1S/C14H31N3/c1-4-8-16-10-12-17(13-11-16)9-6-5-7-14(2)15-3/h14-15H,4-13H2,1-3H3. The van der Waals surface area contributed by atoms with Gasteiger partial charge in [-0.2, -0.15) is 0 Å². The Morgan fingerprint density at radius 1 is 1.00 bits per heavy atom. The zero-order chi connectivity index (χ0) is 12.5. The summed E-state index contributed by atoms with van der Waals surface area (Å²) in [7, 11) is 2.05. The lowest BCUT2D eigenvalue weighted by molar-refractivity contribution is 0.130. The van der Waals surface area contributed by atoms with Crippen LogP contribution in [0.3, 0.4) is 0 Å². The van der Waals surface area contributed by atoms with Crippen molar-refractivity contribution in [1.82, 2.24) is 15.1 Å². The predicted octanol–water partition coefficient (Wildman–Crippen LogP) is 1.79. The first-order chi connectivity index (χ1) is 8.26. The zero-order valence-electron chi connectivity index (χ0n) is 12.0. The van der Waals surface area contributed by atoms with E-state index in [2.05, 4.69) is 36.0 Å². The maximum Gasteiger partial charge on any atom is 0.0110 e. The molecule has 0 aromatic rings. The highest BCUT2D eigenvalue weighted by atomic mass is 15.3. The van der Waals surface area contributed by atoms with E-state index in [0.29, 0.717) is 6.04 Å². The van der Waals surface area contributed by atoms with Crippen LogP contribution in [0.15, 0.2) is 0 Å². The molecule has 0 bridgehead atoms. The second-order valence-corrected chi connectivity index (χ2v) is 5.37. The van der Waals surface area contributed by atoms with E-state index >= 15 is 0 Å². The van der Waals surface area contributed by atoms with Crippen molar-refractivity contribution >= 4 is 0 Å². The van der Waals surface area contributed by atoms with Crippen molar-refractivity contribution in [2.45, 2.75) is 45.6 Å². The molecule has 1 aliphatic rings. The number of nitrogens with zero attached hydrogens (tertiary/aromatic N) is 2. The third kappa shape index (κ3) is 6.39. The molecule has 17 heavy (non-hydrogen) atoms. The van der Waals surface area contributed by atoms with Crippen molar-refractivity contribution in [3.05, 3.63) is 0 Å². The molecular weight excluding hydrogens is 210 g/mol. The molecule has 1 aliphatic heterocycles. The van der Waals surface area contributed by atoms with Crippen LogP contribution in [0.5, 0.6) is 0 Å². The van der Waals surface area contributed by atoms with Gasteiger partial charge in [0.25, 0.3) is 0 Å². The van der Waals surface area contributed by atoms with Gasteiger partial charge in [0.05, 0.1) is 0 Å². The zero-order valence-corrected chi connectivity index (χ0v) is 12.0. The van der Waals surface area contributed by atoms with Crippen LogP contribution in [0.2, 0.25) is 0 Å². The Hall–Kier alpha value is -0.120. The lowest BCUT2D eigenvalue weighted by atomic mass is 10.1. The third-order valence-corrected chi connectivity index (χ3v) is 3.86. The van der Waals surface area contributed by atoms with Crippen LogP contribution in [-0.4, -0.2) is 62.2 Å². The number of unbranched alkanes of at least 4 members (excludes halogenated alkanes) is 1. The first kappa shape index (κ1) is 14.9. The van der Waals surface area contributed by atoms with Gasteiger partial charge in [0, 0.05) is 32.2 Å². The molecule has 0 aliphatic carbocycles. The van der Waals surface area contributed by atoms with Crippen LogP contribution in [0.25, 0.3) is 0 Å². The maximum atomic E-state index is 3.30. The van der Waals surface area contributed by atoms with Crippen molar-refractivity contribution in [1.29, 1.82) is 0 Å². The number of rotatable bonds is 8. The fraction of sp³-hybridized carbons (Fsp3) is 1.00. The van der Waals surface area contributed by atoms with Crippen LogP contribution < -0.4 is 5.32 Å². The van der Waals surface area contributed by atoms with E-state index in [1.165, 1.54) is 65.0 Å². The summed E-state index contributed by atoms with van der Waals surface area (Å²) in [4.78, 5) is 5.23. The van der Waals surface area contributed by atoms with Crippen LogP contribution in [-0.2, 0) is 0 Å². The lowest BCUT2D eigenvalue weighted by Gasteiger charge is -2.34. The molecule has 1 N–H and O–H groups in total. The Bertz CT molecular complexity index is 176. The summed E-state index contributed by atoms with van der Waals surface area (Å²) < 4.78 is 0. The van der Waals surface area contributed by atoms with Gasteiger partial charge in [0.1, 0.15) is 0 Å². The van der Waals surface area contributed by atoms with Crippen LogP contribution >= 0.6 is 0 Å². The van der Waals surface area contributed by atoms with Gasteiger partial charge in [0.2, 0.25) is 0 Å². The molecule has 1 heterocycles. The van der Waals surface area contributed by atoms with Crippen molar-refractivity contribution in [3.63, 3.8) is 0 Å². The minimum atomic E-state index is 0.677. The molecule has 1 atom stereocenters. The van der Waals surface area contributed by atoms with E-state index in [-0.39, 0.29) is 0 Å². The first-order valence-electron chi connectivity index (χ1n) is 7.38. The molecule has 0 spiro atoms. The van der Waals surface area contributed by atoms with Crippen molar-refractivity contribution < 1.29 is 0 Å². The molecular formula is C14H31N3. The highest BCUT2D eigenvalue weighted by Gasteiger charge is 2.15. The normalized spacial score (nSPS) is 20.6. The topological polar surface area (TPSA) is 18.5 Å². The number of piperazine rings is 1. The predicted molar refractivity (Wildman–Crippen MR) is 75.5 cm³/mol. The van der Waals surface area contributed by atoms with Gasteiger partial charge in [-0.15, -0.1) is 0 Å². The van der Waals surface area contributed by atoms with Gasteiger partial charge in [0.15, 0.2) is 0 Å². The highest BCUT2D eigenvalue weighted by Crippen LogP contribution is 2.06. The summed E-state index contributed by atoms with van der Waals surface area (Å²) >= 11 is 0. The molecule has 3 nitrogen and oxygen atoms in total. The number of nitrogens with one attached hydrogen (secondary N) is 1. The van der Waals surface area contributed by atoms with E-state index in [9.17, 15) is 0 Å². The van der Waals surface area contributed by atoms with Gasteiger partial charge in [-0.05, 0) is 46.3 Å². The van der Waals surface area contributed by atoms with Crippen LogP contribution in [0, 0.1) is 0 Å². The molecule has 1 fully saturated rings. The largest absolute Gasteiger partial charge is 0.317 e. The van der Waals surface area contributed by atoms with Crippen LogP contribution in [0.1, 0.15) is 39.5 Å². The average Bonchev–Trinajstić information content (AvgIpc) is 2.36. The second kappa shape index (κ2) is 8.90. The van der Waals surface area contributed by atoms with Gasteiger partial charge in [-0.25, -0.2) is 0 Å². The Kier molecular flexibility index (Phi) is 7.82. The molecule has 1 unspecified atom stereocenters. The summed E-state index contributed by atoms with van der Waals surface area (Å²) in [6.07, 6.45) is 5.32. The fourth-order valence-corrected chi connectivity index (χ4v) is 2.48. The molecule has 1 rings (SSSR count). The Morgan fingerprint density at radius 3 is 2.12 bits per heavy atom. The van der Waals surface area contributed by atoms with Gasteiger partial charge >= 0.3 is 0 Å². The van der Waals surface area contributed by atoms with E-state index in [1.54, 1.807) is 0 Å². The van der Waals surface area contributed by atoms with E-state index in [1.807, 2.05) is 0 Å². The van der Waals surface area contributed by atoms with E-state index in [0.717, 1.165) is 0 Å². The van der Waals surface area contributed by atoms with Gasteiger partial charge in [-0.1, -0.05) is 13.3 Å². The van der Waals surface area contributed by atoms with Crippen molar-refractivity contribution in [2.75, 3.05) is 46.3 Å². The summed E-state index contributed by atoms with van der Waals surface area (Å²) in [5.74, 6) is 0. The summed E-state index contributed by atoms with van der Waals surface area (Å²) in [6, 6.07) is 0.677. The lowest BCUT2D eigenvalue weighted by Crippen LogP contribution is -2.46. The smallest absolute Gasteiger partial charge is 0.0110 e. The summed E-state index contributed by atoms with van der Waals surface area (Å²) in [6.45, 7) is 12.2. The first-order valence-corrected chi connectivity index (χ1v) is 7.38. The number of hydrogen-bond donors (Lipinski definition) is 1. The molecule has 102 valence electrons. The molecule has 0 aromatic heterocycles. The number of hydrogen-bond acceptors (Lipinski definition) is 3. The van der Waals surface area contributed by atoms with E-state index in [4.69, 9.17) is 0 Å². The Balaban J connectivity index is 1.99. The highest BCUT2D eigenvalue weighted by molar-refractivity contribution is 4.71. The molecule has 3 heteroatoms. The average molecular weight is 241 g/mol. The molecule has 0 amide bonds. The SMILES string of the molecule is CCCN1CCN(CCCCC(C)NC)CC1. The Morgan fingerprint density at radius 2 is 1.59 bits per heavy atom. The van der Waals surface area contributed by atoms with Crippen molar-refractivity contribution in [2.24, 2.45) is 0 Å². The second-order valence-electron chi connectivity index (χ2n) is 5.37. The summed E-state index contributed by atoms with van der Waals surface area (Å²) in [5.41, 5.74) is 0. The van der Waals surface area contributed by atoms with Gasteiger partial charge < -0.3 is 15.1 Å². The van der Waals surface area contributed by atoms with Crippen LogP contribution in [0.4, 0.5) is 0 Å². The quantitative estimate of drug-likeness (QED) is 0.654. The third-order valence-electron chi connectivity index (χ3n) is 3.86.